The summed E-state index contributed by atoms with van der Waals surface area (Å²) in [7, 11) is 0. The van der Waals surface area contributed by atoms with E-state index < -0.39 is 5.92 Å². The third-order valence-electron chi connectivity index (χ3n) is 2.86. The van der Waals surface area contributed by atoms with Crippen molar-refractivity contribution in [3.8, 4) is 0 Å². The fourth-order valence-corrected chi connectivity index (χ4v) is 1.93. The number of alkyl halides is 2. The van der Waals surface area contributed by atoms with Gasteiger partial charge in [-0.25, -0.2) is 8.78 Å². The van der Waals surface area contributed by atoms with E-state index in [0.717, 1.165) is 19.3 Å². The van der Waals surface area contributed by atoms with Crippen molar-refractivity contribution in [1.29, 1.82) is 0 Å². The highest BCUT2D eigenvalue weighted by molar-refractivity contribution is 4.77. The van der Waals surface area contributed by atoms with Gasteiger partial charge in [0.25, 0.3) is 0 Å². The van der Waals surface area contributed by atoms with Gasteiger partial charge in [0.05, 0.1) is 0 Å². The lowest BCUT2D eigenvalue weighted by Gasteiger charge is -2.28. The molecule has 1 rings (SSSR count). The number of unbranched alkanes of at least 4 members (excludes halogenated alkanes) is 1. The summed E-state index contributed by atoms with van der Waals surface area (Å²) in [6.45, 7) is 0.225. The van der Waals surface area contributed by atoms with Crippen molar-refractivity contribution in [2.24, 2.45) is 5.92 Å². The van der Waals surface area contributed by atoms with Crippen molar-refractivity contribution in [2.75, 3.05) is 6.61 Å². The molecule has 1 nitrogen and oxygen atoms in total. The minimum Gasteiger partial charge on any atom is -0.396 e. The standard InChI is InChI=1S/C10H18F2O/c11-10(12)6-4-9(5-7-10)3-1-2-8-13/h9,13H,1-8H2. The number of hydrogen-bond acceptors (Lipinski definition) is 1. The molecular weight excluding hydrogens is 174 g/mol. The average molecular weight is 192 g/mol. The third-order valence-corrected chi connectivity index (χ3v) is 2.86. The molecule has 1 aliphatic carbocycles. The molecule has 13 heavy (non-hydrogen) atoms. The predicted octanol–water partition coefficient (Wildman–Crippen LogP) is 2.97. The lowest BCUT2D eigenvalue weighted by atomic mass is 9.84. The van der Waals surface area contributed by atoms with Crippen LogP contribution < -0.4 is 0 Å². The van der Waals surface area contributed by atoms with Crippen LogP contribution in [0.15, 0.2) is 0 Å². The first-order chi connectivity index (χ1) is 6.14. The summed E-state index contributed by atoms with van der Waals surface area (Å²) in [4.78, 5) is 0. The van der Waals surface area contributed by atoms with Gasteiger partial charge in [-0.3, -0.25) is 0 Å². The van der Waals surface area contributed by atoms with Crippen molar-refractivity contribution in [2.45, 2.75) is 50.9 Å². The van der Waals surface area contributed by atoms with Crippen LogP contribution in [0.4, 0.5) is 8.78 Å². The van der Waals surface area contributed by atoms with Gasteiger partial charge in [-0.15, -0.1) is 0 Å². The Labute approximate surface area is 78.1 Å². The quantitative estimate of drug-likeness (QED) is 0.679. The molecule has 1 fully saturated rings. The van der Waals surface area contributed by atoms with Crippen LogP contribution in [0.25, 0.3) is 0 Å². The molecule has 0 aliphatic heterocycles. The van der Waals surface area contributed by atoms with Gasteiger partial charge in [-0.05, 0) is 25.2 Å². The molecule has 0 spiro atoms. The van der Waals surface area contributed by atoms with Crippen molar-refractivity contribution >= 4 is 0 Å². The summed E-state index contributed by atoms with van der Waals surface area (Å²) in [5.74, 6) is -1.92. The zero-order valence-electron chi connectivity index (χ0n) is 7.94. The normalized spacial score (nSPS) is 23.3. The Morgan fingerprint density at radius 3 is 2.31 bits per heavy atom. The number of rotatable bonds is 4. The second kappa shape index (κ2) is 4.89. The maximum absolute atomic E-state index is 12.7. The summed E-state index contributed by atoms with van der Waals surface area (Å²) >= 11 is 0. The largest absolute Gasteiger partial charge is 0.396 e. The van der Waals surface area contributed by atoms with E-state index in [2.05, 4.69) is 0 Å². The average Bonchev–Trinajstić information content (AvgIpc) is 2.08. The van der Waals surface area contributed by atoms with Crippen LogP contribution in [0, 0.1) is 5.92 Å². The Morgan fingerprint density at radius 1 is 1.15 bits per heavy atom. The fraction of sp³-hybridized carbons (Fsp3) is 1.00. The molecule has 0 heterocycles. The second-order valence-corrected chi connectivity index (χ2v) is 4.02. The number of halogens is 2. The Morgan fingerprint density at radius 2 is 1.77 bits per heavy atom. The molecule has 1 aliphatic rings. The molecule has 0 aromatic heterocycles. The van der Waals surface area contributed by atoms with E-state index in [1.54, 1.807) is 0 Å². The first-order valence-electron chi connectivity index (χ1n) is 5.13. The monoisotopic (exact) mass is 192 g/mol. The van der Waals surface area contributed by atoms with Crippen LogP contribution in [0.5, 0.6) is 0 Å². The van der Waals surface area contributed by atoms with E-state index in [4.69, 9.17) is 5.11 Å². The molecule has 0 radical (unpaired) electrons. The van der Waals surface area contributed by atoms with Gasteiger partial charge in [0.2, 0.25) is 5.92 Å². The van der Waals surface area contributed by atoms with Gasteiger partial charge < -0.3 is 5.11 Å². The topological polar surface area (TPSA) is 20.2 Å². The fourth-order valence-electron chi connectivity index (χ4n) is 1.93. The zero-order chi connectivity index (χ0) is 9.73. The van der Waals surface area contributed by atoms with Gasteiger partial charge in [-0.2, -0.15) is 0 Å². The molecule has 0 atom stereocenters. The van der Waals surface area contributed by atoms with Gasteiger partial charge in [0.1, 0.15) is 0 Å². The number of aliphatic hydroxyl groups is 1. The smallest absolute Gasteiger partial charge is 0.248 e. The lowest BCUT2D eigenvalue weighted by molar-refractivity contribution is -0.0467. The second-order valence-electron chi connectivity index (χ2n) is 4.02. The summed E-state index contributed by atoms with van der Waals surface area (Å²) in [5.41, 5.74) is 0. The lowest BCUT2D eigenvalue weighted by Crippen LogP contribution is -2.24. The van der Waals surface area contributed by atoms with Crippen LogP contribution in [0.1, 0.15) is 44.9 Å². The highest BCUT2D eigenvalue weighted by Crippen LogP contribution is 2.37. The maximum Gasteiger partial charge on any atom is 0.248 e. The first-order valence-corrected chi connectivity index (χ1v) is 5.13. The van der Waals surface area contributed by atoms with Crippen LogP contribution in [-0.2, 0) is 0 Å². The summed E-state index contributed by atoms with van der Waals surface area (Å²) in [6.07, 6.45) is 4.26. The summed E-state index contributed by atoms with van der Waals surface area (Å²) in [6, 6.07) is 0. The van der Waals surface area contributed by atoms with E-state index in [0.29, 0.717) is 18.8 Å². The Kier molecular flexibility index (Phi) is 4.10. The SMILES string of the molecule is OCCCCC1CCC(F)(F)CC1. The van der Waals surface area contributed by atoms with Gasteiger partial charge >= 0.3 is 0 Å². The Bertz CT molecular complexity index is 138. The Balaban J connectivity index is 2.11. The van der Waals surface area contributed by atoms with Crippen LogP contribution in [0.2, 0.25) is 0 Å². The van der Waals surface area contributed by atoms with Crippen molar-refractivity contribution in [1.82, 2.24) is 0 Å². The van der Waals surface area contributed by atoms with Crippen molar-refractivity contribution in [3.63, 3.8) is 0 Å². The van der Waals surface area contributed by atoms with Gasteiger partial charge in [0.15, 0.2) is 0 Å². The van der Waals surface area contributed by atoms with Gasteiger partial charge in [0, 0.05) is 19.4 Å². The molecule has 78 valence electrons. The molecule has 0 saturated heterocycles. The molecule has 3 heteroatoms. The van der Waals surface area contributed by atoms with Crippen molar-refractivity contribution < 1.29 is 13.9 Å². The van der Waals surface area contributed by atoms with Crippen LogP contribution in [-0.4, -0.2) is 17.6 Å². The molecule has 0 aromatic carbocycles. The maximum atomic E-state index is 12.7. The Hall–Kier alpha value is -0.180. The highest BCUT2D eigenvalue weighted by atomic mass is 19.3. The molecule has 0 unspecified atom stereocenters. The van der Waals surface area contributed by atoms with Crippen LogP contribution in [0.3, 0.4) is 0 Å². The molecular formula is C10H18F2O. The first kappa shape index (κ1) is 10.9. The molecule has 1 N–H and O–H groups in total. The third kappa shape index (κ3) is 4.03. The zero-order valence-corrected chi connectivity index (χ0v) is 7.94. The van der Waals surface area contributed by atoms with E-state index in [1.807, 2.05) is 0 Å². The molecule has 0 bridgehead atoms. The van der Waals surface area contributed by atoms with E-state index >= 15 is 0 Å². The minimum atomic E-state index is -2.40. The molecule has 1 saturated carbocycles. The van der Waals surface area contributed by atoms with Gasteiger partial charge in [-0.1, -0.05) is 12.8 Å². The van der Waals surface area contributed by atoms with Crippen LogP contribution >= 0.6 is 0 Å². The van der Waals surface area contributed by atoms with E-state index in [-0.39, 0.29) is 19.4 Å². The van der Waals surface area contributed by atoms with Crippen molar-refractivity contribution in [3.05, 3.63) is 0 Å². The number of aliphatic hydroxyl groups excluding tert-OH is 1. The van der Waals surface area contributed by atoms with E-state index in [9.17, 15) is 8.78 Å². The summed E-state index contributed by atoms with van der Waals surface area (Å²) in [5, 5.41) is 8.56. The number of hydrogen-bond donors (Lipinski definition) is 1. The van der Waals surface area contributed by atoms with E-state index in [1.165, 1.54) is 0 Å². The minimum absolute atomic E-state index is 0.0663. The highest BCUT2D eigenvalue weighted by Gasteiger charge is 2.34. The molecule has 0 aromatic rings. The predicted molar refractivity (Wildman–Crippen MR) is 47.8 cm³/mol. The molecule has 0 amide bonds. The summed E-state index contributed by atoms with van der Waals surface area (Å²) < 4.78 is 25.5.